The average Bonchev–Trinajstić information content (AvgIpc) is 2.93. The zero-order valence-electron chi connectivity index (χ0n) is 21.8. The number of carbonyl (C=O) groups is 1. The molecule has 2 aromatic heterocycles. The number of fused-ring (bicyclic) bond motifs is 2. The van der Waals surface area contributed by atoms with E-state index in [0.29, 0.717) is 18.8 Å². The minimum absolute atomic E-state index is 0.524. The smallest absolute Gasteiger partial charge is 0.326 e. The predicted molar refractivity (Wildman–Crippen MR) is 148 cm³/mol. The second-order valence-electron chi connectivity index (χ2n) is 9.69. The van der Waals surface area contributed by atoms with Crippen LogP contribution < -0.4 is 10.6 Å². The minimum atomic E-state index is -0.856. The lowest BCUT2D eigenvalue weighted by atomic mass is 10.1. The first-order valence-corrected chi connectivity index (χ1v) is 13.4. The van der Waals surface area contributed by atoms with E-state index in [0.717, 1.165) is 80.6 Å². The molecule has 3 N–H and O–H groups in total. The van der Waals surface area contributed by atoms with Crippen LogP contribution in [0.5, 0.6) is 0 Å². The number of aromatic nitrogens is 2. The van der Waals surface area contributed by atoms with Crippen LogP contribution in [0.2, 0.25) is 0 Å². The number of methoxy groups -OCH3 is 1. The number of unbranched alkanes of at least 4 members (excludes halogenated alkanes) is 1. The number of rotatable bonds is 15. The van der Waals surface area contributed by atoms with E-state index in [2.05, 4.69) is 32.7 Å². The summed E-state index contributed by atoms with van der Waals surface area (Å²) in [5.41, 5.74) is 2.47. The molecule has 198 valence electrons. The Labute approximate surface area is 219 Å². The van der Waals surface area contributed by atoms with Crippen molar-refractivity contribution in [2.75, 3.05) is 50.5 Å². The van der Waals surface area contributed by atoms with Crippen molar-refractivity contribution in [3.05, 3.63) is 59.9 Å². The molecule has 1 atom stereocenters. The number of benzene rings is 1. The molecule has 3 aromatic rings. The molecule has 0 unspecified atom stereocenters. The van der Waals surface area contributed by atoms with Crippen molar-refractivity contribution in [3.8, 4) is 0 Å². The Kier molecular flexibility index (Phi) is 10.1. The molecule has 37 heavy (non-hydrogen) atoms. The summed E-state index contributed by atoms with van der Waals surface area (Å²) in [5, 5.41) is 18.4. The first-order valence-electron chi connectivity index (χ1n) is 13.4. The number of carboxylic acid groups (broad SMARTS) is 1. The fourth-order valence-electron chi connectivity index (χ4n) is 4.88. The van der Waals surface area contributed by atoms with Gasteiger partial charge in [0, 0.05) is 37.5 Å². The van der Waals surface area contributed by atoms with Crippen molar-refractivity contribution >= 4 is 28.4 Å². The summed E-state index contributed by atoms with van der Waals surface area (Å²) in [5.74, 6) is 0.823. The molecule has 8 nitrogen and oxygen atoms in total. The van der Waals surface area contributed by atoms with Gasteiger partial charge in [0.2, 0.25) is 0 Å². The molecule has 0 fully saturated rings. The highest BCUT2D eigenvalue weighted by molar-refractivity contribution is 5.93. The first kappa shape index (κ1) is 26.8. The van der Waals surface area contributed by atoms with Gasteiger partial charge in [-0.05, 0) is 81.1 Å². The van der Waals surface area contributed by atoms with Crippen molar-refractivity contribution in [2.45, 2.75) is 51.0 Å². The van der Waals surface area contributed by atoms with E-state index in [-0.39, 0.29) is 0 Å². The van der Waals surface area contributed by atoms with Gasteiger partial charge in [-0.25, -0.2) is 14.8 Å². The van der Waals surface area contributed by atoms with Crippen molar-refractivity contribution in [1.29, 1.82) is 0 Å². The maximum absolute atomic E-state index is 12.0. The van der Waals surface area contributed by atoms with Crippen LogP contribution in [0, 0.1) is 0 Å². The first-order chi connectivity index (χ1) is 18.1. The third-order valence-corrected chi connectivity index (χ3v) is 6.97. The van der Waals surface area contributed by atoms with Crippen LogP contribution in [-0.4, -0.2) is 71.9 Å². The number of pyridine rings is 2. The van der Waals surface area contributed by atoms with E-state index >= 15 is 0 Å². The fourth-order valence-corrected chi connectivity index (χ4v) is 4.88. The topological polar surface area (TPSA) is 99.6 Å². The van der Waals surface area contributed by atoms with Gasteiger partial charge in [0.15, 0.2) is 0 Å². The molecule has 0 amide bonds. The van der Waals surface area contributed by atoms with Gasteiger partial charge in [0.05, 0.1) is 6.61 Å². The average molecular weight is 506 g/mol. The van der Waals surface area contributed by atoms with E-state index in [9.17, 15) is 9.90 Å². The number of anilines is 2. The van der Waals surface area contributed by atoms with Gasteiger partial charge in [0.25, 0.3) is 0 Å². The van der Waals surface area contributed by atoms with Gasteiger partial charge in [0.1, 0.15) is 17.7 Å². The third kappa shape index (κ3) is 7.87. The van der Waals surface area contributed by atoms with Crippen LogP contribution in [0.1, 0.15) is 43.4 Å². The minimum Gasteiger partial charge on any atom is -0.480 e. The number of ether oxygens (including phenoxy) is 1. The molecular weight excluding hydrogens is 466 g/mol. The Hall–Kier alpha value is -3.23. The van der Waals surface area contributed by atoms with Crippen molar-refractivity contribution in [2.24, 2.45) is 0 Å². The number of nitrogens with zero attached hydrogens (tertiary/aromatic N) is 3. The number of aryl methyl sites for hydroxylation is 2. The Morgan fingerprint density at radius 2 is 2.00 bits per heavy atom. The molecule has 0 saturated heterocycles. The SMILES string of the molecule is COCCN(CCCCc1ccc2c(n1)NCCC2)CCC[C@H](Nc1nccc2ccccc12)C(=O)O. The molecule has 1 aliphatic heterocycles. The molecule has 3 heterocycles. The van der Waals surface area contributed by atoms with Gasteiger partial charge in [-0.2, -0.15) is 0 Å². The van der Waals surface area contributed by atoms with Gasteiger partial charge in [-0.1, -0.05) is 30.3 Å². The monoisotopic (exact) mass is 505 g/mol. The molecule has 1 aliphatic rings. The second-order valence-corrected chi connectivity index (χ2v) is 9.69. The molecular formula is C29H39N5O3. The van der Waals surface area contributed by atoms with Gasteiger partial charge in [-0.15, -0.1) is 0 Å². The summed E-state index contributed by atoms with van der Waals surface area (Å²) < 4.78 is 5.31. The maximum atomic E-state index is 12.0. The van der Waals surface area contributed by atoms with E-state index in [1.165, 1.54) is 12.0 Å². The predicted octanol–water partition coefficient (Wildman–Crippen LogP) is 4.60. The number of aliphatic carboxylic acids is 1. The van der Waals surface area contributed by atoms with E-state index < -0.39 is 12.0 Å². The van der Waals surface area contributed by atoms with Crippen LogP contribution in [-0.2, 0) is 22.4 Å². The molecule has 4 rings (SSSR count). The number of hydrogen-bond donors (Lipinski definition) is 3. The van der Waals surface area contributed by atoms with E-state index in [1.807, 2.05) is 30.3 Å². The Morgan fingerprint density at radius 1 is 1.14 bits per heavy atom. The van der Waals surface area contributed by atoms with Crippen molar-refractivity contribution < 1.29 is 14.6 Å². The molecule has 0 radical (unpaired) electrons. The van der Waals surface area contributed by atoms with E-state index in [4.69, 9.17) is 9.72 Å². The molecule has 1 aromatic carbocycles. The van der Waals surface area contributed by atoms with Crippen LogP contribution in [0.25, 0.3) is 10.8 Å². The number of carboxylic acids is 1. The maximum Gasteiger partial charge on any atom is 0.326 e. The molecule has 8 heteroatoms. The number of nitrogens with one attached hydrogen (secondary N) is 2. The largest absolute Gasteiger partial charge is 0.480 e. The zero-order valence-corrected chi connectivity index (χ0v) is 21.8. The van der Waals surface area contributed by atoms with Gasteiger partial charge in [-0.3, -0.25) is 0 Å². The third-order valence-electron chi connectivity index (χ3n) is 6.97. The zero-order chi connectivity index (χ0) is 25.9. The Balaban J connectivity index is 1.24. The highest BCUT2D eigenvalue weighted by atomic mass is 16.5. The Bertz CT molecular complexity index is 1150. The van der Waals surface area contributed by atoms with Crippen molar-refractivity contribution in [3.63, 3.8) is 0 Å². The van der Waals surface area contributed by atoms with E-state index in [1.54, 1.807) is 13.3 Å². The van der Waals surface area contributed by atoms with Crippen LogP contribution in [0.15, 0.2) is 48.7 Å². The highest BCUT2D eigenvalue weighted by Gasteiger charge is 2.19. The lowest BCUT2D eigenvalue weighted by Gasteiger charge is -2.23. The lowest BCUT2D eigenvalue weighted by molar-refractivity contribution is -0.138. The van der Waals surface area contributed by atoms with Crippen LogP contribution in [0.3, 0.4) is 0 Å². The summed E-state index contributed by atoms with van der Waals surface area (Å²) in [7, 11) is 1.72. The lowest BCUT2D eigenvalue weighted by Crippen LogP contribution is -2.33. The normalized spacial score (nSPS) is 13.8. The van der Waals surface area contributed by atoms with Gasteiger partial charge < -0.3 is 25.4 Å². The standard InChI is InChI=1S/C29H39N5O3/c1-37-21-20-34(18-5-4-10-24-14-13-23-9-6-16-30-27(23)32-24)19-7-12-26(29(35)36)33-28-25-11-3-2-8-22(25)15-17-31-28/h2-3,8,11,13-15,17,26H,4-7,9-10,12,16,18-21H2,1H3,(H,30,32)(H,31,33)(H,35,36)/t26-/m0/s1. The summed E-state index contributed by atoms with van der Waals surface area (Å²) in [6.07, 6.45) is 8.40. The van der Waals surface area contributed by atoms with Crippen LogP contribution >= 0.6 is 0 Å². The summed E-state index contributed by atoms with van der Waals surface area (Å²) in [6.45, 7) is 4.31. The highest BCUT2D eigenvalue weighted by Crippen LogP contribution is 2.22. The summed E-state index contributed by atoms with van der Waals surface area (Å²) >= 11 is 0. The molecule has 0 saturated carbocycles. The number of hydrogen-bond acceptors (Lipinski definition) is 7. The fraction of sp³-hybridized carbons (Fsp3) is 0.483. The van der Waals surface area contributed by atoms with Gasteiger partial charge >= 0.3 is 5.97 Å². The molecule has 0 bridgehead atoms. The molecule has 0 spiro atoms. The summed E-state index contributed by atoms with van der Waals surface area (Å²) in [6, 6.07) is 13.5. The second kappa shape index (κ2) is 13.9. The Morgan fingerprint density at radius 3 is 2.86 bits per heavy atom. The quantitative estimate of drug-likeness (QED) is 0.258. The van der Waals surface area contributed by atoms with Crippen molar-refractivity contribution in [1.82, 2.24) is 14.9 Å². The molecule has 0 aliphatic carbocycles. The summed E-state index contributed by atoms with van der Waals surface area (Å²) in [4.78, 5) is 23.6. The van der Waals surface area contributed by atoms with Crippen LogP contribution in [0.4, 0.5) is 11.6 Å².